The van der Waals surface area contributed by atoms with Crippen molar-refractivity contribution in [1.82, 2.24) is 0 Å². The number of anilines is 1. The van der Waals surface area contributed by atoms with Crippen LogP contribution in [0.3, 0.4) is 0 Å². The maximum Gasteiger partial charge on any atom is 0.292 e. The molecule has 1 atom stereocenters. The molecule has 1 heterocycles. The van der Waals surface area contributed by atoms with Gasteiger partial charge in [-0.3, -0.25) is 10.1 Å². The van der Waals surface area contributed by atoms with Gasteiger partial charge < -0.3 is 4.90 Å². The molecule has 2 aromatic carbocycles. The Hall–Kier alpha value is -2.36. The molecule has 1 unspecified atom stereocenters. The Balaban J connectivity index is 2.00. The summed E-state index contributed by atoms with van der Waals surface area (Å²) in [6.45, 7) is 2.94. The Morgan fingerprint density at radius 3 is 2.76 bits per heavy atom. The van der Waals surface area contributed by atoms with Crippen molar-refractivity contribution in [3.63, 3.8) is 0 Å². The number of nitro groups is 1. The van der Waals surface area contributed by atoms with E-state index in [1.165, 1.54) is 11.1 Å². The highest BCUT2D eigenvalue weighted by molar-refractivity contribution is 5.64. The number of hydrogen-bond donors (Lipinski definition) is 0. The fourth-order valence-electron chi connectivity index (χ4n) is 3.14. The Morgan fingerprint density at radius 2 is 2.00 bits per heavy atom. The summed E-state index contributed by atoms with van der Waals surface area (Å²) in [5.74, 6) is 0. The molecule has 1 saturated heterocycles. The van der Waals surface area contributed by atoms with Crippen LogP contribution in [0.4, 0.5) is 11.4 Å². The molecule has 1 fully saturated rings. The van der Waals surface area contributed by atoms with E-state index < -0.39 is 0 Å². The maximum atomic E-state index is 11.3. The molecular formula is C17H18N2O2. The van der Waals surface area contributed by atoms with Crippen LogP contribution in [-0.2, 0) is 0 Å². The number of nitro benzene ring substituents is 1. The molecule has 4 nitrogen and oxygen atoms in total. The van der Waals surface area contributed by atoms with Gasteiger partial charge in [0.05, 0.1) is 11.0 Å². The van der Waals surface area contributed by atoms with Crippen LogP contribution >= 0.6 is 0 Å². The zero-order valence-corrected chi connectivity index (χ0v) is 12.0. The molecular weight excluding hydrogens is 264 g/mol. The second-order valence-corrected chi connectivity index (χ2v) is 5.51. The average Bonchev–Trinajstić information content (AvgIpc) is 2.96. The van der Waals surface area contributed by atoms with E-state index in [-0.39, 0.29) is 16.7 Å². The average molecular weight is 282 g/mol. The predicted octanol–water partition coefficient (Wildman–Crippen LogP) is 4.24. The fraction of sp³-hybridized carbons (Fsp3) is 0.294. The Morgan fingerprint density at radius 1 is 1.19 bits per heavy atom. The molecule has 108 valence electrons. The van der Waals surface area contributed by atoms with Gasteiger partial charge in [0, 0.05) is 12.6 Å². The van der Waals surface area contributed by atoms with Crippen LogP contribution in [0.1, 0.15) is 30.0 Å². The van der Waals surface area contributed by atoms with Crippen LogP contribution in [0, 0.1) is 17.0 Å². The number of hydrogen-bond acceptors (Lipinski definition) is 3. The second kappa shape index (κ2) is 5.56. The van der Waals surface area contributed by atoms with Gasteiger partial charge in [-0.05, 0) is 31.4 Å². The van der Waals surface area contributed by atoms with Crippen LogP contribution in [-0.4, -0.2) is 11.5 Å². The molecule has 0 radical (unpaired) electrons. The van der Waals surface area contributed by atoms with Crippen molar-refractivity contribution in [2.24, 2.45) is 0 Å². The van der Waals surface area contributed by atoms with Crippen LogP contribution < -0.4 is 4.90 Å². The fourth-order valence-corrected chi connectivity index (χ4v) is 3.14. The molecule has 4 heteroatoms. The lowest BCUT2D eigenvalue weighted by atomic mass is 10.0. The summed E-state index contributed by atoms with van der Waals surface area (Å²) in [5, 5.41) is 11.3. The van der Waals surface area contributed by atoms with Gasteiger partial charge in [-0.15, -0.1) is 0 Å². The Bertz CT molecular complexity index is 669. The van der Waals surface area contributed by atoms with Crippen molar-refractivity contribution in [3.8, 4) is 0 Å². The number of aryl methyl sites for hydroxylation is 1. The Labute approximate surface area is 124 Å². The van der Waals surface area contributed by atoms with E-state index in [1.807, 2.05) is 12.1 Å². The third-order valence-electron chi connectivity index (χ3n) is 4.07. The molecule has 0 N–H and O–H groups in total. The van der Waals surface area contributed by atoms with Crippen molar-refractivity contribution in [2.75, 3.05) is 11.4 Å². The minimum atomic E-state index is -0.291. The molecule has 0 spiro atoms. The predicted molar refractivity (Wildman–Crippen MR) is 83.6 cm³/mol. The highest BCUT2D eigenvalue weighted by Crippen LogP contribution is 2.40. The lowest BCUT2D eigenvalue weighted by Gasteiger charge is -2.27. The topological polar surface area (TPSA) is 46.4 Å². The maximum absolute atomic E-state index is 11.3. The summed E-state index contributed by atoms with van der Waals surface area (Å²) in [6, 6.07) is 15.7. The van der Waals surface area contributed by atoms with E-state index in [4.69, 9.17) is 0 Å². The first-order valence-electron chi connectivity index (χ1n) is 7.23. The summed E-state index contributed by atoms with van der Waals surface area (Å²) in [5.41, 5.74) is 3.39. The summed E-state index contributed by atoms with van der Waals surface area (Å²) < 4.78 is 0. The lowest BCUT2D eigenvalue weighted by Crippen LogP contribution is -2.23. The van der Waals surface area contributed by atoms with Crippen LogP contribution in [0.5, 0.6) is 0 Å². The summed E-state index contributed by atoms with van der Waals surface area (Å²) >= 11 is 0. The number of para-hydroxylation sites is 2. The molecule has 0 bridgehead atoms. The van der Waals surface area contributed by atoms with Gasteiger partial charge >= 0.3 is 0 Å². The van der Waals surface area contributed by atoms with Crippen molar-refractivity contribution in [2.45, 2.75) is 25.8 Å². The number of benzene rings is 2. The molecule has 21 heavy (non-hydrogen) atoms. The molecule has 2 aromatic rings. The van der Waals surface area contributed by atoms with Gasteiger partial charge in [0.1, 0.15) is 5.69 Å². The summed E-state index contributed by atoms with van der Waals surface area (Å²) in [4.78, 5) is 13.1. The Kier molecular flexibility index (Phi) is 3.60. The molecule has 1 aliphatic heterocycles. The van der Waals surface area contributed by atoms with E-state index in [0.717, 1.165) is 25.1 Å². The smallest absolute Gasteiger partial charge is 0.292 e. The van der Waals surface area contributed by atoms with Crippen molar-refractivity contribution in [1.29, 1.82) is 0 Å². The van der Waals surface area contributed by atoms with Crippen LogP contribution in [0.2, 0.25) is 0 Å². The van der Waals surface area contributed by atoms with Gasteiger partial charge in [0.2, 0.25) is 0 Å². The van der Waals surface area contributed by atoms with Gasteiger partial charge in [0.25, 0.3) is 5.69 Å². The minimum Gasteiger partial charge on any atom is -0.359 e. The third-order valence-corrected chi connectivity index (χ3v) is 4.07. The molecule has 0 aromatic heterocycles. The zero-order chi connectivity index (χ0) is 14.8. The first-order chi connectivity index (χ1) is 10.2. The van der Waals surface area contributed by atoms with E-state index in [9.17, 15) is 10.1 Å². The minimum absolute atomic E-state index is 0.192. The largest absolute Gasteiger partial charge is 0.359 e. The second-order valence-electron chi connectivity index (χ2n) is 5.51. The van der Waals surface area contributed by atoms with Gasteiger partial charge in [-0.25, -0.2) is 0 Å². The molecule has 0 amide bonds. The van der Waals surface area contributed by atoms with E-state index >= 15 is 0 Å². The van der Waals surface area contributed by atoms with Gasteiger partial charge in [-0.2, -0.15) is 0 Å². The van der Waals surface area contributed by atoms with E-state index in [2.05, 4.69) is 36.1 Å². The molecule has 0 aliphatic carbocycles. The van der Waals surface area contributed by atoms with Gasteiger partial charge in [0.15, 0.2) is 0 Å². The van der Waals surface area contributed by atoms with E-state index in [1.54, 1.807) is 12.1 Å². The highest BCUT2D eigenvalue weighted by Gasteiger charge is 2.30. The quantitative estimate of drug-likeness (QED) is 0.624. The van der Waals surface area contributed by atoms with Gasteiger partial charge in [-0.1, -0.05) is 42.0 Å². The normalized spacial score (nSPS) is 18.0. The first kappa shape index (κ1) is 13.6. The molecule has 1 aliphatic rings. The van der Waals surface area contributed by atoms with Crippen molar-refractivity contribution in [3.05, 3.63) is 69.8 Å². The van der Waals surface area contributed by atoms with Crippen molar-refractivity contribution < 1.29 is 4.92 Å². The number of nitrogens with zero attached hydrogens (tertiary/aromatic N) is 2. The SMILES string of the molecule is Cc1cccc(C2CCCN2c2ccccc2[N+](=O)[O-])c1. The third kappa shape index (κ3) is 2.61. The highest BCUT2D eigenvalue weighted by atomic mass is 16.6. The standard InChI is InChI=1S/C17H18N2O2/c1-13-6-4-7-14(12-13)15-10-5-11-18(15)16-8-2-3-9-17(16)19(20)21/h2-4,6-9,12,15H,5,10-11H2,1H3. The lowest BCUT2D eigenvalue weighted by molar-refractivity contribution is -0.384. The zero-order valence-electron chi connectivity index (χ0n) is 12.0. The van der Waals surface area contributed by atoms with Crippen LogP contribution in [0.25, 0.3) is 0 Å². The number of rotatable bonds is 3. The molecule has 3 rings (SSSR count). The summed E-state index contributed by atoms with van der Waals surface area (Å²) in [7, 11) is 0. The molecule has 0 saturated carbocycles. The monoisotopic (exact) mass is 282 g/mol. The van der Waals surface area contributed by atoms with Crippen LogP contribution in [0.15, 0.2) is 48.5 Å². The van der Waals surface area contributed by atoms with E-state index in [0.29, 0.717) is 0 Å². The summed E-state index contributed by atoms with van der Waals surface area (Å²) in [6.07, 6.45) is 2.10. The van der Waals surface area contributed by atoms with Crippen molar-refractivity contribution >= 4 is 11.4 Å². The first-order valence-corrected chi connectivity index (χ1v) is 7.23.